The van der Waals surface area contributed by atoms with E-state index in [-0.39, 0.29) is 5.28 Å². The van der Waals surface area contributed by atoms with Gasteiger partial charge in [-0.1, -0.05) is 11.6 Å². The van der Waals surface area contributed by atoms with Crippen molar-refractivity contribution in [1.82, 2.24) is 9.97 Å². The number of rotatable bonds is 4. The van der Waals surface area contributed by atoms with Gasteiger partial charge in [0.25, 0.3) is 0 Å². The van der Waals surface area contributed by atoms with Gasteiger partial charge in [0, 0.05) is 10.8 Å². The summed E-state index contributed by atoms with van der Waals surface area (Å²) in [5.41, 5.74) is 0.998. The van der Waals surface area contributed by atoms with Gasteiger partial charge >= 0.3 is 5.97 Å². The number of aromatic nitrogens is 2. The zero-order valence-corrected chi connectivity index (χ0v) is 12.1. The van der Waals surface area contributed by atoms with Crippen LogP contribution in [0.15, 0.2) is 17.0 Å². The summed E-state index contributed by atoms with van der Waals surface area (Å²) in [5.74, 6) is -0.0619. The molecule has 0 atom stereocenters. The summed E-state index contributed by atoms with van der Waals surface area (Å²) in [6.45, 7) is 2.06. The van der Waals surface area contributed by atoms with E-state index < -0.39 is 5.97 Å². The van der Waals surface area contributed by atoms with Crippen LogP contribution in [0.4, 0.5) is 11.5 Å². The molecule has 0 fully saturated rings. The van der Waals surface area contributed by atoms with Gasteiger partial charge in [0.2, 0.25) is 5.28 Å². The molecular weight excluding hydrogens is 309 g/mol. The number of hydrogen-bond acceptors (Lipinski definition) is 6. The lowest BCUT2D eigenvalue weighted by atomic mass is 10.3. The maximum absolute atomic E-state index is 11.7. The summed E-state index contributed by atoms with van der Waals surface area (Å²) in [6.07, 6.45) is 1.38. The van der Waals surface area contributed by atoms with Crippen LogP contribution in [0.5, 0.6) is 0 Å². The zero-order valence-electron chi connectivity index (χ0n) is 9.81. The van der Waals surface area contributed by atoms with E-state index >= 15 is 0 Å². The van der Waals surface area contributed by atoms with E-state index in [2.05, 4.69) is 15.3 Å². The number of thiophene rings is 1. The first-order valence-electron chi connectivity index (χ1n) is 5.30. The molecule has 0 spiro atoms. The molecule has 8 heteroatoms. The lowest BCUT2D eigenvalue weighted by Gasteiger charge is -2.08. The first kappa shape index (κ1) is 14.0. The number of halogens is 2. The molecule has 2 aromatic heterocycles. The van der Waals surface area contributed by atoms with Crippen molar-refractivity contribution in [1.29, 1.82) is 0 Å². The van der Waals surface area contributed by atoms with Crippen molar-refractivity contribution in [2.75, 3.05) is 11.9 Å². The van der Waals surface area contributed by atoms with Crippen LogP contribution in [-0.2, 0) is 4.74 Å². The van der Waals surface area contributed by atoms with E-state index in [1.807, 2.05) is 0 Å². The van der Waals surface area contributed by atoms with Gasteiger partial charge in [0.05, 0.1) is 24.1 Å². The van der Waals surface area contributed by atoms with Gasteiger partial charge in [-0.3, -0.25) is 0 Å². The molecule has 1 N–H and O–H groups in total. The maximum atomic E-state index is 11.7. The Kier molecular flexibility index (Phi) is 4.57. The average Bonchev–Trinajstić information content (AvgIpc) is 2.82. The predicted molar refractivity (Wildman–Crippen MR) is 75.6 cm³/mol. The first-order chi connectivity index (χ1) is 9.11. The van der Waals surface area contributed by atoms with Crippen LogP contribution in [0, 0.1) is 0 Å². The van der Waals surface area contributed by atoms with Gasteiger partial charge in [-0.15, -0.1) is 11.3 Å². The molecule has 0 amide bonds. The van der Waals surface area contributed by atoms with Gasteiger partial charge in [0.15, 0.2) is 5.82 Å². The fourth-order valence-corrected chi connectivity index (χ4v) is 2.34. The second kappa shape index (κ2) is 6.18. The molecule has 2 heterocycles. The highest BCUT2D eigenvalue weighted by molar-refractivity contribution is 7.08. The predicted octanol–water partition coefficient (Wildman–Crippen LogP) is 3.77. The SMILES string of the molecule is CCOC(=O)c1cscc1Nc1nc(Cl)ncc1Cl. The molecule has 2 aromatic rings. The molecule has 0 saturated heterocycles. The highest BCUT2D eigenvalue weighted by Gasteiger charge is 2.15. The smallest absolute Gasteiger partial charge is 0.341 e. The van der Waals surface area contributed by atoms with E-state index in [4.69, 9.17) is 27.9 Å². The largest absolute Gasteiger partial charge is 0.462 e. The molecule has 2 rings (SSSR count). The van der Waals surface area contributed by atoms with Crippen molar-refractivity contribution in [3.63, 3.8) is 0 Å². The van der Waals surface area contributed by atoms with E-state index in [0.717, 1.165) is 0 Å². The Balaban J connectivity index is 2.26. The third-order valence-electron chi connectivity index (χ3n) is 2.13. The summed E-state index contributed by atoms with van der Waals surface area (Å²) in [5, 5.41) is 6.78. The second-order valence-corrected chi connectivity index (χ2v) is 4.87. The Morgan fingerprint density at radius 2 is 2.26 bits per heavy atom. The minimum Gasteiger partial charge on any atom is -0.462 e. The summed E-state index contributed by atoms with van der Waals surface area (Å²) < 4.78 is 4.95. The summed E-state index contributed by atoms with van der Waals surface area (Å²) >= 11 is 13.0. The van der Waals surface area contributed by atoms with E-state index in [0.29, 0.717) is 28.7 Å². The number of anilines is 2. The summed E-state index contributed by atoms with van der Waals surface area (Å²) in [4.78, 5) is 19.4. The van der Waals surface area contributed by atoms with E-state index in [1.165, 1.54) is 17.5 Å². The normalized spacial score (nSPS) is 10.3. The third kappa shape index (κ3) is 3.34. The Morgan fingerprint density at radius 1 is 1.47 bits per heavy atom. The highest BCUT2D eigenvalue weighted by Crippen LogP contribution is 2.28. The summed E-state index contributed by atoms with van der Waals surface area (Å²) in [6, 6.07) is 0. The standard InChI is InChI=1S/C11H9Cl2N3O2S/c1-2-18-10(17)6-4-19-5-8(6)15-9-7(12)3-14-11(13)16-9/h3-5H,2H2,1H3,(H,14,15,16). The number of nitrogens with one attached hydrogen (secondary N) is 1. The Labute approximate surface area is 123 Å². The van der Waals surface area contributed by atoms with Gasteiger partial charge in [0.1, 0.15) is 5.02 Å². The van der Waals surface area contributed by atoms with Crippen molar-refractivity contribution in [2.45, 2.75) is 6.92 Å². The number of nitrogens with zero attached hydrogens (tertiary/aromatic N) is 2. The number of ether oxygens (including phenoxy) is 1. The lowest BCUT2D eigenvalue weighted by Crippen LogP contribution is -2.06. The van der Waals surface area contributed by atoms with Gasteiger partial charge in [-0.2, -0.15) is 4.98 Å². The van der Waals surface area contributed by atoms with Crippen molar-refractivity contribution in [3.8, 4) is 0 Å². The van der Waals surface area contributed by atoms with E-state index in [1.54, 1.807) is 17.7 Å². The molecule has 19 heavy (non-hydrogen) atoms. The number of carbonyl (C=O) groups excluding carboxylic acids is 1. The Morgan fingerprint density at radius 3 is 3.00 bits per heavy atom. The number of hydrogen-bond donors (Lipinski definition) is 1. The Hall–Kier alpha value is -1.37. The molecule has 0 saturated carbocycles. The maximum Gasteiger partial charge on any atom is 0.341 e. The molecule has 5 nitrogen and oxygen atoms in total. The summed E-state index contributed by atoms with van der Waals surface area (Å²) in [7, 11) is 0. The Bertz CT molecular complexity index is 603. The van der Waals surface area contributed by atoms with Crippen molar-refractivity contribution in [3.05, 3.63) is 32.8 Å². The van der Waals surface area contributed by atoms with Crippen LogP contribution in [-0.4, -0.2) is 22.5 Å². The molecule has 0 aliphatic carbocycles. The highest BCUT2D eigenvalue weighted by atomic mass is 35.5. The van der Waals surface area contributed by atoms with Crippen LogP contribution >= 0.6 is 34.5 Å². The van der Waals surface area contributed by atoms with Crippen LogP contribution < -0.4 is 5.32 Å². The third-order valence-corrected chi connectivity index (χ3v) is 3.33. The van der Waals surface area contributed by atoms with Crippen LogP contribution in [0.1, 0.15) is 17.3 Å². The van der Waals surface area contributed by atoms with Gasteiger partial charge < -0.3 is 10.1 Å². The van der Waals surface area contributed by atoms with Crippen LogP contribution in [0.2, 0.25) is 10.3 Å². The topological polar surface area (TPSA) is 64.1 Å². The molecule has 0 unspecified atom stereocenters. The quantitative estimate of drug-likeness (QED) is 0.687. The van der Waals surface area contributed by atoms with Crippen molar-refractivity contribution < 1.29 is 9.53 Å². The molecule has 100 valence electrons. The molecule has 0 aliphatic heterocycles. The van der Waals surface area contributed by atoms with Crippen LogP contribution in [0.3, 0.4) is 0 Å². The first-order valence-corrected chi connectivity index (χ1v) is 7.00. The van der Waals surface area contributed by atoms with Gasteiger partial charge in [-0.05, 0) is 18.5 Å². The molecule has 0 aromatic carbocycles. The molecular formula is C11H9Cl2N3O2S. The number of carbonyl (C=O) groups is 1. The fourth-order valence-electron chi connectivity index (χ4n) is 1.32. The minimum atomic E-state index is -0.400. The fraction of sp³-hybridized carbons (Fsp3) is 0.182. The zero-order chi connectivity index (χ0) is 13.8. The molecule has 0 bridgehead atoms. The average molecular weight is 318 g/mol. The van der Waals surface area contributed by atoms with Crippen molar-refractivity contribution in [2.24, 2.45) is 0 Å². The van der Waals surface area contributed by atoms with Crippen LogP contribution in [0.25, 0.3) is 0 Å². The number of esters is 1. The molecule has 0 radical (unpaired) electrons. The lowest BCUT2D eigenvalue weighted by molar-refractivity contribution is 0.0528. The van der Waals surface area contributed by atoms with Crippen molar-refractivity contribution >= 4 is 52.0 Å². The van der Waals surface area contributed by atoms with E-state index in [9.17, 15) is 4.79 Å². The molecule has 0 aliphatic rings. The van der Waals surface area contributed by atoms with Gasteiger partial charge in [-0.25, -0.2) is 9.78 Å². The monoisotopic (exact) mass is 317 g/mol. The second-order valence-electron chi connectivity index (χ2n) is 3.38. The minimum absolute atomic E-state index is 0.0693.